The molecule has 0 bridgehead atoms. The fourth-order valence-electron chi connectivity index (χ4n) is 2.35. The summed E-state index contributed by atoms with van der Waals surface area (Å²) in [6, 6.07) is 8.08. The molecule has 138 valence electrons. The number of benzene rings is 1. The number of nitrogens with zero attached hydrogens (tertiary/aromatic N) is 3. The maximum Gasteiger partial charge on any atom is 0.413 e. The van der Waals surface area contributed by atoms with E-state index in [1.807, 2.05) is 12.1 Å². The molecule has 2 aromatic rings. The van der Waals surface area contributed by atoms with E-state index in [2.05, 4.69) is 44.7 Å². The van der Waals surface area contributed by atoms with Gasteiger partial charge in [0.2, 0.25) is 8.92 Å². The van der Waals surface area contributed by atoms with E-state index in [4.69, 9.17) is 39.5 Å². The van der Waals surface area contributed by atoms with E-state index in [1.165, 1.54) is 11.3 Å². The first-order chi connectivity index (χ1) is 12.4. The number of carbonyl (C=O) groups excluding carboxylic acids is 1. The van der Waals surface area contributed by atoms with Gasteiger partial charge in [-0.25, -0.2) is 4.79 Å². The minimum absolute atomic E-state index is 0.305. The molecule has 0 unspecified atom stereocenters. The van der Waals surface area contributed by atoms with Crippen LogP contribution in [-0.2, 0) is 4.74 Å². The molecule has 0 saturated carbocycles. The van der Waals surface area contributed by atoms with Crippen molar-refractivity contribution in [1.82, 2.24) is 10.2 Å². The molecule has 1 amide bonds. The van der Waals surface area contributed by atoms with Crippen molar-refractivity contribution < 1.29 is 9.53 Å². The lowest BCUT2D eigenvalue weighted by Crippen LogP contribution is -2.26. The number of halogens is 3. The average molecular weight is 434 g/mol. The molecule has 2 heterocycles. The van der Waals surface area contributed by atoms with Crippen LogP contribution in [0.2, 0.25) is 0 Å². The van der Waals surface area contributed by atoms with Crippen LogP contribution in [0.25, 0.3) is 10.6 Å². The highest BCUT2D eigenvalue weighted by Crippen LogP contribution is 2.29. The summed E-state index contributed by atoms with van der Waals surface area (Å²) in [6.45, 7) is 1.57. The Hall–Kier alpha value is -1.54. The summed E-state index contributed by atoms with van der Waals surface area (Å²) < 4.78 is 3.13. The number of anilines is 2. The van der Waals surface area contributed by atoms with Gasteiger partial charge in [0.25, 0.3) is 0 Å². The van der Waals surface area contributed by atoms with Crippen molar-refractivity contribution in [3.05, 3.63) is 36.4 Å². The van der Waals surface area contributed by atoms with E-state index < -0.39 is 9.89 Å². The molecule has 6 nitrogen and oxygen atoms in total. The third-order valence-corrected chi connectivity index (χ3v) is 4.75. The summed E-state index contributed by atoms with van der Waals surface area (Å²) >= 11 is 17.8. The molecule has 0 radical (unpaired) electrons. The predicted octanol–water partition coefficient (Wildman–Crippen LogP) is 4.89. The summed E-state index contributed by atoms with van der Waals surface area (Å²) in [7, 11) is 0. The Bertz CT molecular complexity index is 790. The Labute approximate surface area is 169 Å². The number of carbonyl (C=O) groups is 1. The minimum Gasteiger partial charge on any atom is -0.445 e. The lowest BCUT2D eigenvalue weighted by molar-refractivity contribution is 0.164. The second kappa shape index (κ2) is 8.43. The van der Waals surface area contributed by atoms with Gasteiger partial charge in [-0.1, -0.05) is 58.3 Å². The van der Waals surface area contributed by atoms with Gasteiger partial charge in [-0.3, -0.25) is 5.32 Å². The molecule has 0 saturated heterocycles. The van der Waals surface area contributed by atoms with Gasteiger partial charge in [0, 0.05) is 24.3 Å². The third kappa shape index (κ3) is 5.48. The summed E-state index contributed by atoms with van der Waals surface area (Å²) in [5, 5.41) is 11.5. The zero-order valence-corrected chi connectivity index (χ0v) is 16.6. The van der Waals surface area contributed by atoms with Gasteiger partial charge in [0.05, 0.1) is 0 Å². The van der Waals surface area contributed by atoms with Crippen LogP contribution in [0.4, 0.5) is 15.6 Å². The molecule has 3 rings (SSSR count). The van der Waals surface area contributed by atoms with Crippen LogP contribution in [0.5, 0.6) is 0 Å². The molecule has 0 fully saturated rings. The molecule has 0 aliphatic carbocycles. The zero-order valence-electron chi connectivity index (χ0n) is 13.5. The van der Waals surface area contributed by atoms with E-state index in [1.54, 1.807) is 0 Å². The standard InChI is InChI=1S/C16H15Cl3N4O2S/c17-16(18,19)10-25-15(24)20-14-22-21-13(26-14)11-4-6-12(7-5-11)23-8-2-1-3-9-23/h1-2,4-7H,3,8-10H2,(H,20,22,24). The van der Waals surface area contributed by atoms with Crippen molar-refractivity contribution in [3.8, 4) is 10.6 Å². The highest BCUT2D eigenvalue weighted by Gasteiger charge is 2.22. The number of aromatic nitrogens is 2. The second-order valence-electron chi connectivity index (χ2n) is 5.48. The number of hydrogen-bond donors (Lipinski definition) is 1. The molecule has 0 spiro atoms. The lowest BCUT2D eigenvalue weighted by atomic mass is 10.1. The number of alkyl halides is 3. The fourth-order valence-corrected chi connectivity index (χ4v) is 3.25. The van der Waals surface area contributed by atoms with Crippen molar-refractivity contribution in [1.29, 1.82) is 0 Å². The topological polar surface area (TPSA) is 67.4 Å². The quantitative estimate of drug-likeness (QED) is 0.549. The smallest absolute Gasteiger partial charge is 0.413 e. The minimum atomic E-state index is -1.66. The van der Waals surface area contributed by atoms with Gasteiger partial charge in [-0.2, -0.15) is 0 Å². The predicted molar refractivity (Wildman–Crippen MR) is 107 cm³/mol. The summed E-state index contributed by atoms with van der Waals surface area (Å²) in [4.78, 5) is 13.9. The summed E-state index contributed by atoms with van der Waals surface area (Å²) in [6.07, 6.45) is 4.66. The van der Waals surface area contributed by atoms with Crippen LogP contribution in [-0.4, -0.2) is 39.8 Å². The van der Waals surface area contributed by atoms with Crippen molar-refractivity contribution in [3.63, 3.8) is 0 Å². The van der Waals surface area contributed by atoms with Crippen LogP contribution >= 0.6 is 46.1 Å². The maximum absolute atomic E-state index is 11.6. The Kier molecular flexibility index (Phi) is 6.24. The highest BCUT2D eigenvalue weighted by molar-refractivity contribution is 7.18. The van der Waals surface area contributed by atoms with Gasteiger partial charge >= 0.3 is 6.09 Å². The molecular formula is C16H15Cl3N4O2S. The number of ether oxygens (including phenoxy) is 1. The Morgan fingerprint density at radius 1 is 1.23 bits per heavy atom. The Balaban J connectivity index is 1.60. The normalized spacial score (nSPS) is 14.3. The van der Waals surface area contributed by atoms with E-state index in [-0.39, 0.29) is 6.61 Å². The Morgan fingerprint density at radius 2 is 2.00 bits per heavy atom. The first kappa shape index (κ1) is 19.2. The molecule has 1 aromatic heterocycles. The molecule has 0 atom stereocenters. The van der Waals surface area contributed by atoms with Crippen LogP contribution in [0.1, 0.15) is 6.42 Å². The third-order valence-electron chi connectivity index (χ3n) is 3.54. The molecule has 1 N–H and O–H groups in total. The zero-order chi connectivity index (χ0) is 18.6. The van der Waals surface area contributed by atoms with Crippen molar-refractivity contribution in [2.24, 2.45) is 0 Å². The van der Waals surface area contributed by atoms with E-state index in [0.717, 1.165) is 30.8 Å². The van der Waals surface area contributed by atoms with Crippen LogP contribution in [0.15, 0.2) is 36.4 Å². The summed E-state index contributed by atoms with van der Waals surface area (Å²) in [5.74, 6) is 0. The number of rotatable bonds is 4. The van der Waals surface area contributed by atoms with Gasteiger partial charge in [-0.05, 0) is 30.7 Å². The highest BCUT2D eigenvalue weighted by atomic mass is 35.6. The van der Waals surface area contributed by atoms with E-state index in [0.29, 0.717) is 10.1 Å². The molecular weight excluding hydrogens is 419 g/mol. The lowest BCUT2D eigenvalue weighted by Gasteiger charge is -2.25. The van der Waals surface area contributed by atoms with Gasteiger partial charge in [-0.15, -0.1) is 10.2 Å². The number of amides is 1. The second-order valence-corrected chi connectivity index (χ2v) is 8.98. The largest absolute Gasteiger partial charge is 0.445 e. The molecule has 1 aliphatic rings. The van der Waals surface area contributed by atoms with Gasteiger partial charge < -0.3 is 9.64 Å². The Morgan fingerprint density at radius 3 is 2.65 bits per heavy atom. The van der Waals surface area contributed by atoms with Gasteiger partial charge in [0.1, 0.15) is 11.6 Å². The van der Waals surface area contributed by atoms with Crippen molar-refractivity contribution >= 4 is 63.1 Å². The number of nitrogens with one attached hydrogen (secondary N) is 1. The first-order valence-electron chi connectivity index (χ1n) is 7.75. The summed E-state index contributed by atoms with van der Waals surface area (Å²) in [5.41, 5.74) is 2.08. The van der Waals surface area contributed by atoms with Crippen molar-refractivity contribution in [2.45, 2.75) is 10.2 Å². The average Bonchev–Trinajstić information content (AvgIpc) is 3.09. The molecule has 1 aromatic carbocycles. The van der Waals surface area contributed by atoms with E-state index in [9.17, 15) is 4.79 Å². The van der Waals surface area contributed by atoms with Crippen LogP contribution in [0.3, 0.4) is 0 Å². The molecule has 10 heteroatoms. The van der Waals surface area contributed by atoms with Crippen LogP contribution < -0.4 is 10.2 Å². The maximum atomic E-state index is 11.6. The monoisotopic (exact) mass is 432 g/mol. The van der Waals surface area contributed by atoms with E-state index >= 15 is 0 Å². The number of hydrogen-bond acceptors (Lipinski definition) is 6. The molecule has 26 heavy (non-hydrogen) atoms. The fraction of sp³-hybridized carbons (Fsp3) is 0.312. The van der Waals surface area contributed by atoms with Crippen LogP contribution in [0, 0.1) is 0 Å². The first-order valence-corrected chi connectivity index (χ1v) is 9.70. The SMILES string of the molecule is O=C(Nc1nnc(-c2ccc(N3CC=CCC3)cc2)s1)OCC(Cl)(Cl)Cl. The van der Waals surface area contributed by atoms with Crippen molar-refractivity contribution in [2.75, 3.05) is 29.9 Å². The van der Waals surface area contributed by atoms with Gasteiger partial charge in [0.15, 0.2) is 0 Å². The molecule has 1 aliphatic heterocycles.